The van der Waals surface area contributed by atoms with E-state index in [9.17, 15) is 9.59 Å². The molecule has 0 saturated carbocycles. The van der Waals surface area contributed by atoms with E-state index in [4.69, 9.17) is 19.4 Å². The van der Waals surface area contributed by atoms with Gasteiger partial charge in [-0.05, 0) is 25.0 Å². The number of amides is 2. The third-order valence-electron chi connectivity index (χ3n) is 4.74. The molecule has 1 unspecified atom stereocenters. The van der Waals surface area contributed by atoms with Crippen LogP contribution in [0.25, 0.3) is 0 Å². The van der Waals surface area contributed by atoms with E-state index in [0.29, 0.717) is 38.7 Å². The summed E-state index contributed by atoms with van der Waals surface area (Å²) in [7, 11) is 1.58. The highest BCUT2D eigenvalue weighted by Crippen LogP contribution is 2.29. The summed E-state index contributed by atoms with van der Waals surface area (Å²) in [6, 6.07) is 4.92. The Hall–Kier alpha value is -2.16. The van der Waals surface area contributed by atoms with Crippen molar-refractivity contribution >= 4 is 11.8 Å². The summed E-state index contributed by atoms with van der Waals surface area (Å²) in [4.78, 5) is 26.4. The lowest BCUT2D eigenvalue weighted by atomic mass is 9.98. The minimum atomic E-state index is -0.612. The Bertz CT molecular complexity index is 659. The van der Waals surface area contributed by atoms with E-state index in [-0.39, 0.29) is 23.5 Å². The first-order chi connectivity index (χ1) is 12.6. The monoisotopic (exact) mass is 364 g/mol. The molecule has 0 aromatic heterocycles. The normalized spacial score (nSPS) is 20.7. The van der Waals surface area contributed by atoms with Crippen LogP contribution in [0.4, 0.5) is 0 Å². The number of hydrogen-bond donors (Lipinski definition) is 2. The molecule has 3 rings (SSSR count). The van der Waals surface area contributed by atoms with E-state index < -0.39 is 5.91 Å². The molecule has 2 N–H and O–H groups in total. The highest BCUT2D eigenvalue weighted by Gasteiger charge is 2.31. The van der Waals surface area contributed by atoms with Crippen LogP contribution in [0.2, 0.25) is 0 Å². The summed E-state index contributed by atoms with van der Waals surface area (Å²) in [5, 5.41) is 8.82. The lowest BCUT2D eigenvalue weighted by Crippen LogP contribution is -2.43. The standard InChI is InChI=1S/C18H24N2O6/c1-24-11-15-10-20(18(22)12-4-6-25-7-5-12)9-14-3-2-13(17(21)19-23)8-16(14)26-15/h2-3,8,12,15,23H,4-7,9-11H2,1H3,(H,19,21). The van der Waals surface area contributed by atoms with E-state index in [1.807, 2.05) is 0 Å². The SMILES string of the molecule is COCC1CN(C(=O)C2CCOCC2)Cc2ccc(C(=O)NO)cc2O1. The quantitative estimate of drug-likeness (QED) is 0.610. The molecule has 8 heteroatoms. The molecule has 0 aliphatic carbocycles. The van der Waals surface area contributed by atoms with Gasteiger partial charge in [-0.3, -0.25) is 14.8 Å². The molecule has 142 valence electrons. The molecule has 2 aliphatic heterocycles. The van der Waals surface area contributed by atoms with Crippen molar-refractivity contribution in [1.29, 1.82) is 0 Å². The predicted octanol–water partition coefficient (Wildman–Crippen LogP) is 0.968. The molecule has 8 nitrogen and oxygen atoms in total. The van der Waals surface area contributed by atoms with E-state index in [1.54, 1.807) is 35.7 Å². The summed E-state index contributed by atoms with van der Waals surface area (Å²) >= 11 is 0. The molecule has 2 heterocycles. The molecule has 1 saturated heterocycles. The second-order valence-electron chi connectivity index (χ2n) is 6.56. The average Bonchev–Trinajstić information content (AvgIpc) is 2.86. The largest absolute Gasteiger partial charge is 0.486 e. The van der Waals surface area contributed by atoms with Crippen molar-refractivity contribution in [3.05, 3.63) is 29.3 Å². The fraction of sp³-hybridized carbons (Fsp3) is 0.556. The minimum Gasteiger partial charge on any atom is -0.486 e. The Morgan fingerprint density at radius 3 is 2.81 bits per heavy atom. The molecule has 0 radical (unpaired) electrons. The molecule has 1 aromatic carbocycles. The zero-order chi connectivity index (χ0) is 18.5. The topological polar surface area (TPSA) is 97.3 Å². The van der Waals surface area contributed by atoms with Crippen LogP contribution in [0.15, 0.2) is 18.2 Å². The van der Waals surface area contributed by atoms with Crippen molar-refractivity contribution in [2.75, 3.05) is 33.5 Å². The number of benzene rings is 1. The van der Waals surface area contributed by atoms with Crippen LogP contribution in [-0.4, -0.2) is 61.5 Å². The van der Waals surface area contributed by atoms with Crippen LogP contribution in [0.5, 0.6) is 5.75 Å². The molecular weight excluding hydrogens is 340 g/mol. The zero-order valence-electron chi connectivity index (χ0n) is 14.8. The van der Waals surface area contributed by atoms with Gasteiger partial charge in [0.1, 0.15) is 11.9 Å². The number of methoxy groups -OCH3 is 1. The van der Waals surface area contributed by atoms with Gasteiger partial charge in [-0.2, -0.15) is 0 Å². The number of carbonyl (C=O) groups is 2. The molecule has 1 fully saturated rings. The number of carbonyl (C=O) groups excluding carboxylic acids is 2. The number of nitrogens with zero attached hydrogens (tertiary/aromatic N) is 1. The van der Waals surface area contributed by atoms with Gasteiger partial charge >= 0.3 is 0 Å². The lowest BCUT2D eigenvalue weighted by molar-refractivity contribution is -0.140. The van der Waals surface area contributed by atoms with Crippen molar-refractivity contribution in [3.63, 3.8) is 0 Å². The third-order valence-corrected chi connectivity index (χ3v) is 4.74. The maximum Gasteiger partial charge on any atom is 0.274 e. The van der Waals surface area contributed by atoms with E-state index >= 15 is 0 Å². The smallest absolute Gasteiger partial charge is 0.274 e. The van der Waals surface area contributed by atoms with Crippen molar-refractivity contribution in [1.82, 2.24) is 10.4 Å². The van der Waals surface area contributed by atoms with Crippen LogP contribution >= 0.6 is 0 Å². The summed E-state index contributed by atoms with van der Waals surface area (Å²) < 4.78 is 16.6. The van der Waals surface area contributed by atoms with E-state index in [0.717, 1.165) is 18.4 Å². The number of hydrogen-bond acceptors (Lipinski definition) is 6. The van der Waals surface area contributed by atoms with Gasteiger partial charge < -0.3 is 19.1 Å². The third kappa shape index (κ3) is 4.14. The Morgan fingerprint density at radius 2 is 2.12 bits per heavy atom. The summed E-state index contributed by atoms with van der Waals surface area (Å²) in [5.74, 6) is -0.0227. The lowest BCUT2D eigenvalue weighted by Gasteiger charge is -2.29. The first kappa shape index (κ1) is 18.6. The number of hydroxylamine groups is 1. The van der Waals surface area contributed by atoms with Crippen LogP contribution in [0.3, 0.4) is 0 Å². The minimum absolute atomic E-state index is 0.0343. The summed E-state index contributed by atoms with van der Waals surface area (Å²) in [6.45, 7) is 2.37. The first-order valence-corrected chi connectivity index (χ1v) is 8.72. The summed E-state index contributed by atoms with van der Waals surface area (Å²) in [5.41, 5.74) is 2.72. The van der Waals surface area contributed by atoms with Crippen molar-refractivity contribution < 1.29 is 29.0 Å². The number of nitrogens with one attached hydrogen (secondary N) is 1. The number of rotatable bonds is 4. The van der Waals surface area contributed by atoms with E-state index in [2.05, 4.69) is 0 Å². The van der Waals surface area contributed by atoms with Gasteiger partial charge in [-0.25, -0.2) is 5.48 Å². The van der Waals surface area contributed by atoms with Gasteiger partial charge in [0.05, 0.1) is 13.2 Å². The Kier molecular flexibility index (Phi) is 6.08. The van der Waals surface area contributed by atoms with Crippen molar-refractivity contribution in [2.45, 2.75) is 25.5 Å². The highest BCUT2D eigenvalue weighted by molar-refractivity contribution is 5.93. The Labute approximate surface area is 152 Å². The van der Waals surface area contributed by atoms with Gasteiger partial charge in [0.15, 0.2) is 0 Å². The van der Waals surface area contributed by atoms with Crippen LogP contribution in [0, 0.1) is 5.92 Å². The van der Waals surface area contributed by atoms with Gasteiger partial charge in [-0.15, -0.1) is 0 Å². The fourth-order valence-electron chi connectivity index (χ4n) is 3.38. The second-order valence-corrected chi connectivity index (χ2v) is 6.56. The molecule has 1 atom stereocenters. The van der Waals surface area contributed by atoms with Crippen LogP contribution in [-0.2, 0) is 20.8 Å². The van der Waals surface area contributed by atoms with Crippen molar-refractivity contribution in [3.8, 4) is 5.75 Å². The molecule has 0 spiro atoms. The molecule has 1 aromatic rings. The molecule has 2 amide bonds. The Morgan fingerprint density at radius 1 is 1.35 bits per heavy atom. The predicted molar refractivity (Wildman–Crippen MR) is 90.9 cm³/mol. The second kappa shape index (κ2) is 8.48. The fourth-order valence-corrected chi connectivity index (χ4v) is 3.38. The first-order valence-electron chi connectivity index (χ1n) is 8.72. The Balaban J connectivity index is 1.84. The van der Waals surface area contributed by atoms with Gasteiger partial charge in [0.2, 0.25) is 5.91 Å². The highest BCUT2D eigenvalue weighted by atomic mass is 16.5. The molecule has 26 heavy (non-hydrogen) atoms. The van der Waals surface area contributed by atoms with E-state index in [1.165, 1.54) is 0 Å². The van der Waals surface area contributed by atoms with Gasteiger partial charge in [-0.1, -0.05) is 6.07 Å². The average molecular weight is 364 g/mol. The molecule has 2 aliphatic rings. The van der Waals surface area contributed by atoms with Gasteiger partial charge in [0.25, 0.3) is 5.91 Å². The maximum absolute atomic E-state index is 13.0. The maximum atomic E-state index is 13.0. The molecular formula is C18H24N2O6. The van der Waals surface area contributed by atoms with Crippen molar-refractivity contribution in [2.24, 2.45) is 5.92 Å². The van der Waals surface area contributed by atoms with Gasteiger partial charge in [0, 0.05) is 43.9 Å². The van der Waals surface area contributed by atoms with Crippen LogP contribution in [0.1, 0.15) is 28.8 Å². The zero-order valence-corrected chi connectivity index (χ0v) is 14.8. The van der Waals surface area contributed by atoms with Crippen LogP contribution < -0.4 is 10.2 Å². The number of ether oxygens (including phenoxy) is 3. The summed E-state index contributed by atoms with van der Waals surface area (Å²) in [6.07, 6.45) is 1.12. The number of fused-ring (bicyclic) bond motifs is 1. The molecule has 0 bridgehead atoms.